The number of benzene rings is 2. The molecule has 0 aliphatic carbocycles. The van der Waals surface area contributed by atoms with Crippen LogP contribution in [0.5, 0.6) is 0 Å². The van der Waals surface area contributed by atoms with E-state index in [0.717, 1.165) is 63.1 Å². The molecule has 0 atom stereocenters. The highest BCUT2D eigenvalue weighted by Gasteiger charge is 2.17. The van der Waals surface area contributed by atoms with Crippen LogP contribution in [0.25, 0.3) is 28.2 Å². The number of para-hydroxylation sites is 1. The predicted molar refractivity (Wildman–Crippen MR) is 143 cm³/mol. The summed E-state index contributed by atoms with van der Waals surface area (Å²) in [6, 6.07) is 17.9. The molecular weight excluding hydrogens is 518 g/mol. The van der Waals surface area contributed by atoms with E-state index in [1.54, 1.807) is 4.57 Å². The van der Waals surface area contributed by atoms with Gasteiger partial charge in [0, 0.05) is 33.7 Å². The van der Waals surface area contributed by atoms with Gasteiger partial charge in [-0.3, -0.25) is 14.1 Å². The number of hydrogen-bond acceptors (Lipinski definition) is 5. The number of pyridine rings is 1. The molecule has 3 aromatic heterocycles. The number of halogens is 1. The number of H-pyrrole nitrogens is 1. The van der Waals surface area contributed by atoms with E-state index in [4.69, 9.17) is 4.98 Å². The van der Waals surface area contributed by atoms with Gasteiger partial charge in [-0.15, -0.1) is 10.2 Å². The van der Waals surface area contributed by atoms with Crippen molar-refractivity contribution in [3.05, 3.63) is 98.9 Å². The predicted octanol–water partition coefficient (Wildman–Crippen LogP) is 5.21. The van der Waals surface area contributed by atoms with Gasteiger partial charge in [0.05, 0.1) is 17.9 Å². The number of tetrazole rings is 1. The van der Waals surface area contributed by atoms with Crippen LogP contribution in [0.3, 0.4) is 0 Å². The summed E-state index contributed by atoms with van der Waals surface area (Å²) in [5.74, 6) is 0.533. The maximum Gasteiger partial charge on any atom is 0.333 e. The summed E-state index contributed by atoms with van der Waals surface area (Å²) in [6.07, 6.45) is 6.40. The zero-order valence-electron chi connectivity index (χ0n) is 20.1. The first kappa shape index (κ1) is 23.9. The Labute approximate surface area is 217 Å². The third-order valence-corrected chi connectivity index (χ3v) is 6.87. The summed E-state index contributed by atoms with van der Waals surface area (Å²) in [6.45, 7) is 4.62. The van der Waals surface area contributed by atoms with Crippen LogP contribution in [0, 0.1) is 0 Å². The zero-order chi connectivity index (χ0) is 25.1. The van der Waals surface area contributed by atoms with Gasteiger partial charge in [0.1, 0.15) is 0 Å². The third kappa shape index (κ3) is 4.54. The number of nitrogens with one attached hydrogen (secondary N) is 1. The molecule has 0 saturated heterocycles. The highest BCUT2D eigenvalue weighted by atomic mass is 79.9. The second-order valence-electron chi connectivity index (χ2n) is 8.53. The summed E-state index contributed by atoms with van der Waals surface area (Å²) in [5.41, 5.74) is 6.56. The van der Waals surface area contributed by atoms with Crippen LogP contribution in [0.15, 0.2) is 76.3 Å². The second-order valence-corrected chi connectivity index (χ2v) is 9.38. The van der Waals surface area contributed by atoms with Crippen molar-refractivity contribution in [1.82, 2.24) is 34.7 Å². The van der Waals surface area contributed by atoms with Gasteiger partial charge >= 0.3 is 5.69 Å². The number of aryl methyl sites for hydroxylation is 2. The van der Waals surface area contributed by atoms with E-state index in [0.29, 0.717) is 12.4 Å². The van der Waals surface area contributed by atoms with Crippen LogP contribution in [0.1, 0.15) is 37.2 Å². The van der Waals surface area contributed by atoms with Crippen LogP contribution in [0.2, 0.25) is 0 Å². The number of nitrogens with zero attached hydrogens (tertiary/aromatic N) is 6. The van der Waals surface area contributed by atoms with Gasteiger partial charge in [0.25, 0.3) is 0 Å². The number of imidazole rings is 1. The molecule has 0 bridgehead atoms. The average Bonchev–Trinajstić information content (AvgIpc) is 3.54. The van der Waals surface area contributed by atoms with Crippen LogP contribution >= 0.6 is 15.9 Å². The molecule has 0 amide bonds. The van der Waals surface area contributed by atoms with E-state index in [1.165, 1.54) is 0 Å². The van der Waals surface area contributed by atoms with Crippen LogP contribution < -0.4 is 5.69 Å². The number of aromatic amines is 1. The van der Waals surface area contributed by atoms with E-state index >= 15 is 0 Å². The molecule has 3 heterocycles. The molecule has 9 heteroatoms. The van der Waals surface area contributed by atoms with Gasteiger partial charge in [-0.1, -0.05) is 62.7 Å². The Hall–Kier alpha value is -3.85. The topological polar surface area (TPSA) is 94.3 Å². The highest BCUT2D eigenvalue weighted by Crippen LogP contribution is 2.29. The molecule has 2 aromatic carbocycles. The van der Waals surface area contributed by atoms with Crippen molar-refractivity contribution in [3.63, 3.8) is 0 Å². The maximum atomic E-state index is 13.6. The lowest BCUT2D eigenvalue weighted by molar-refractivity contribution is 0.679. The first-order valence-corrected chi connectivity index (χ1v) is 12.8. The van der Waals surface area contributed by atoms with Crippen LogP contribution in [-0.2, 0) is 19.4 Å². The minimum atomic E-state index is -0.0617. The Morgan fingerprint density at radius 3 is 2.53 bits per heavy atom. The molecule has 0 aliphatic heterocycles. The average molecular weight is 544 g/mol. The molecule has 0 spiro atoms. The molecule has 5 rings (SSSR count). The fourth-order valence-electron chi connectivity index (χ4n) is 4.47. The van der Waals surface area contributed by atoms with E-state index in [9.17, 15) is 4.79 Å². The molecule has 0 radical (unpaired) electrons. The van der Waals surface area contributed by atoms with E-state index in [-0.39, 0.29) is 5.69 Å². The van der Waals surface area contributed by atoms with Gasteiger partial charge in [0.2, 0.25) is 5.82 Å². The van der Waals surface area contributed by atoms with E-state index in [2.05, 4.69) is 56.5 Å². The fourth-order valence-corrected chi connectivity index (χ4v) is 5.07. The second kappa shape index (κ2) is 10.4. The molecule has 8 nitrogen and oxygen atoms in total. The highest BCUT2D eigenvalue weighted by molar-refractivity contribution is 9.10. The van der Waals surface area contributed by atoms with Crippen LogP contribution in [0.4, 0.5) is 0 Å². The van der Waals surface area contributed by atoms with Crippen molar-refractivity contribution in [3.8, 4) is 28.2 Å². The van der Waals surface area contributed by atoms with Crippen molar-refractivity contribution < 1.29 is 0 Å². The van der Waals surface area contributed by atoms with Gasteiger partial charge < -0.3 is 0 Å². The van der Waals surface area contributed by atoms with Crippen LogP contribution in [-0.4, -0.2) is 34.7 Å². The Kier molecular flexibility index (Phi) is 6.90. The van der Waals surface area contributed by atoms with E-state index in [1.807, 2.05) is 65.5 Å². The Bertz CT molecular complexity index is 1540. The number of aromatic nitrogens is 7. The quantitative estimate of drug-likeness (QED) is 0.290. The summed E-state index contributed by atoms with van der Waals surface area (Å²) in [5, 5.41) is 14.4. The van der Waals surface area contributed by atoms with Gasteiger partial charge in [0.15, 0.2) is 0 Å². The Morgan fingerprint density at radius 1 is 1.00 bits per heavy atom. The molecule has 182 valence electrons. The van der Waals surface area contributed by atoms with Crippen molar-refractivity contribution >= 4 is 15.9 Å². The lowest BCUT2D eigenvalue weighted by atomic mass is 10.0. The first-order valence-electron chi connectivity index (χ1n) is 12.0. The lowest BCUT2D eigenvalue weighted by Gasteiger charge is -2.10. The van der Waals surface area contributed by atoms with Gasteiger partial charge in [-0.25, -0.2) is 4.79 Å². The third-order valence-electron chi connectivity index (χ3n) is 6.23. The fraction of sp³-hybridized carbons (Fsp3) is 0.222. The molecular formula is C27H26BrN7O. The Balaban J connectivity index is 1.50. The minimum absolute atomic E-state index is 0.0617. The Morgan fingerprint density at radius 2 is 1.83 bits per heavy atom. The maximum absolute atomic E-state index is 13.6. The first-order chi connectivity index (χ1) is 17.6. The standard InChI is InChI=1S/C27H26BrN7O/c1-3-8-21-17-35(25-18(4-2)9-7-12-24(25)28)27(36)34(21)16-20-14-13-19(15-29-20)22-10-5-6-11-23(22)26-30-32-33-31-26/h5-7,9-15,17H,3-4,8,16H2,1-2H3,(H,30,31,32,33). The minimum Gasteiger partial charge on any atom is -0.290 e. The summed E-state index contributed by atoms with van der Waals surface area (Å²) in [7, 11) is 0. The van der Waals surface area contributed by atoms with E-state index < -0.39 is 0 Å². The zero-order valence-corrected chi connectivity index (χ0v) is 21.7. The SMILES string of the molecule is CCCc1cn(-c2c(Br)cccc2CC)c(=O)n1Cc1ccc(-c2ccccc2-c2nn[nH]n2)cn1. The van der Waals surface area contributed by atoms with Crippen molar-refractivity contribution in [1.29, 1.82) is 0 Å². The van der Waals surface area contributed by atoms with Crippen molar-refractivity contribution in [2.45, 2.75) is 39.7 Å². The van der Waals surface area contributed by atoms with Crippen molar-refractivity contribution in [2.75, 3.05) is 0 Å². The molecule has 0 fully saturated rings. The van der Waals surface area contributed by atoms with Gasteiger partial charge in [-0.2, -0.15) is 5.21 Å². The van der Waals surface area contributed by atoms with Gasteiger partial charge in [-0.05, 0) is 57.2 Å². The molecule has 0 aliphatic rings. The molecule has 36 heavy (non-hydrogen) atoms. The largest absolute Gasteiger partial charge is 0.333 e. The summed E-state index contributed by atoms with van der Waals surface area (Å²) >= 11 is 3.65. The molecule has 5 aromatic rings. The summed E-state index contributed by atoms with van der Waals surface area (Å²) < 4.78 is 4.51. The number of rotatable bonds is 8. The number of hydrogen-bond donors (Lipinski definition) is 1. The monoisotopic (exact) mass is 543 g/mol. The lowest BCUT2D eigenvalue weighted by Crippen LogP contribution is -2.25. The summed E-state index contributed by atoms with van der Waals surface area (Å²) in [4.78, 5) is 18.3. The van der Waals surface area contributed by atoms with Crippen molar-refractivity contribution in [2.24, 2.45) is 0 Å². The smallest absolute Gasteiger partial charge is 0.290 e. The molecule has 1 N–H and O–H groups in total. The normalized spacial score (nSPS) is 11.2. The molecule has 0 unspecified atom stereocenters. The molecule has 0 saturated carbocycles.